The fourth-order valence-corrected chi connectivity index (χ4v) is 3.72. The van der Waals surface area contributed by atoms with E-state index in [1.807, 2.05) is 4.90 Å². The molecule has 2 aliphatic rings. The van der Waals surface area contributed by atoms with Crippen molar-refractivity contribution in [2.24, 2.45) is 5.41 Å². The van der Waals surface area contributed by atoms with Crippen LogP contribution in [0.2, 0.25) is 0 Å². The van der Waals surface area contributed by atoms with Crippen LogP contribution in [-0.4, -0.2) is 66.5 Å². The van der Waals surface area contributed by atoms with Gasteiger partial charge in [-0.15, -0.1) is 0 Å². The summed E-state index contributed by atoms with van der Waals surface area (Å²) in [6.45, 7) is 2.60. The number of pyridine rings is 1. The molecule has 0 bridgehead atoms. The number of aromatic amines is 1. The normalized spacial score (nSPS) is 19.9. The molecule has 7 heteroatoms. The molecule has 25 heavy (non-hydrogen) atoms. The Labute approximate surface area is 147 Å². The number of methoxy groups -OCH3 is 1. The minimum atomic E-state index is -0.377. The lowest BCUT2D eigenvalue weighted by atomic mass is 9.68. The first-order valence-corrected chi connectivity index (χ1v) is 8.83. The van der Waals surface area contributed by atoms with Crippen LogP contribution in [0.25, 0.3) is 0 Å². The number of ether oxygens (including phenoxy) is 1. The molecule has 1 aromatic rings. The molecule has 1 N–H and O–H groups in total. The van der Waals surface area contributed by atoms with Crippen LogP contribution in [-0.2, 0) is 9.53 Å². The van der Waals surface area contributed by atoms with E-state index in [-0.39, 0.29) is 28.4 Å². The Morgan fingerprint density at radius 1 is 1.16 bits per heavy atom. The Bertz CT molecular complexity index is 696. The number of H-pyrrole nitrogens is 1. The van der Waals surface area contributed by atoms with E-state index in [4.69, 9.17) is 4.74 Å². The summed E-state index contributed by atoms with van der Waals surface area (Å²) in [6, 6.07) is 3.18. The Morgan fingerprint density at radius 3 is 2.52 bits per heavy atom. The summed E-state index contributed by atoms with van der Waals surface area (Å²) in [6.07, 6.45) is 5.03. The number of carbonyl (C=O) groups is 2. The molecule has 1 aliphatic carbocycles. The van der Waals surface area contributed by atoms with Gasteiger partial charge in [-0.05, 0) is 31.4 Å². The van der Waals surface area contributed by atoms with Gasteiger partial charge in [0.05, 0.1) is 12.0 Å². The molecule has 0 atom stereocenters. The second-order valence-electron chi connectivity index (χ2n) is 6.92. The van der Waals surface area contributed by atoms with Gasteiger partial charge < -0.3 is 19.5 Å². The Hall–Kier alpha value is -2.15. The molecule has 0 aromatic carbocycles. The number of rotatable bonds is 4. The highest BCUT2D eigenvalue weighted by atomic mass is 16.5. The summed E-state index contributed by atoms with van der Waals surface area (Å²) in [4.78, 5) is 43.4. The zero-order valence-electron chi connectivity index (χ0n) is 14.6. The van der Waals surface area contributed by atoms with Gasteiger partial charge in [-0.2, -0.15) is 0 Å². The van der Waals surface area contributed by atoms with Crippen LogP contribution in [0.4, 0.5) is 0 Å². The van der Waals surface area contributed by atoms with Gasteiger partial charge in [0.25, 0.3) is 11.5 Å². The molecular weight excluding hydrogens is 322 g/mol. The Kier molecular flexibility index (Phi) is 5.22. The van der Waals surface area contributed by atoms with Gasteiger partial charge in [0.1, 0.15) is 5.56 Å². The van der Waals surface area contributed by atoms with Gasteiger partial charge in [-0.3, -0.25) is 14.4 Å². The highest BCUT2D eigenvalue weighted by Gasteiger charge is 2.46. The first kappa shape index (κ1) is 17.7. The SMILES string of the molecule is COCC1(C(=O)N2CCCN(C(=O)c3ccc[nH]c3=O)CC2)CCC1. The van der Waals surface area contributed by atoms with Crippen LogP contribution in [0.5, 0.6) is 0 Å². The summed E-state index contributed by atoms with van der Waals surface area (Å²) in [5, 5.41) is 0. The monoisotopic (exact) mass is 347 g/mol. The van der Waals surface area contributed by atoms with Crippen LogP contribution in [0.15, 0.2) is 23.1 Å². The average Bonchev–Trinajstić information content (AvgIpc) is 2.83. The van der Waals surface area contributed by atoms with Crippen molar-refractivity contribution in [3.63, 3.8) is 0 Å². The van der Waals surface area contributed by atoms with Crippen LogP contribution >= 0.6 is 0 Å². The van der Waals surface area contributed by atoms with E-state index in [0.717, 1.165) is 19.3 Å². The Morgan fingerprint density at radius 2 is 1.88 bits per heavy atom. The van der Waals surface area contributed by atoms with Crippen molar-refractivity contribution in [2.75, 3.05) is 39.9 Å². The third kappa shape index (κ3) is 3.46. The molecule has 7 nitrogen and oxygen atoms in total. The molecule has 1 saturated heterocycles. The third-order valence-corrected chi connectivity index (χ3v) is 5.30. The molecule has 3 rings (SSSR count). The zero-order valence-corrected chi connectivity index (χ0v) is 14.6. The molecule has 0 unspecified atom stereocenters. The maximum absolute atomic E-state index is 12.9. The fraction of sp³-hybridized carbons (Fsp3) is 0.611. The fourth-order valence-electron chi connectivity index (χ4n) is 3.72. The van der Waals surface area contributed by atoms with Crippen molar-refractivity contribution >= 4 is 11.8 Å². The van der Waals surface area contributed by atoms with Crippen molar-refractivity contribution in [2.45, 2.75) is 25.7 Å². The first-order chi connectivity index (χ1) is 12.1. The molecule has 0 radical (unpaired) electrons. The summed E-state index contributed by atoms with van der Waals surface area (Å²) < 4.78 is 5.27. The maximum Gasteiger partial charge on any atom is 0.260 e. The van der Waals surface area contributed by atoms with Crippen LogP contribution in [0.3, 0.4) is 0 Å². The van der Waals surface area contributed by atoms with E-state index in [9.17, 15) is 14.4 Å². The number of aromatic nitrogens is 1. The highest BCUT2D eigenvalue weighted by Crippen LogP contribution is 2.42. The lowest BCUT2D eigenvalue weighted by Gasteiger charge is -2.42. The second kappa shape index (κ2) is 7.39. The van der Waals surface area contributed by atoms with Crippen LogP contribution < -0.4 is 5.56 Å². The van der Waals surface area contributed by atoms with Crippen molar-refractivity contribution in [3.8, 4) is 0 Å². The van der Waals surface area contributed by atoms with Gasteiger partial charge >= 0.3 is 0 Å². The van der Waals surface area contributed by atoms with Crippen molar-refractivity contribution in [1.82, 2.24) is 14.8 Å². The molecular formula is C18H25N3O4. The van der Waals surface area contributed by atoms with Crippen LogP contribution in [0, 0.1) is 5.41 Å². The number of hydrogen-bond acceptors (Lipinski definition) is 4. The predicted octanol–water partition coefficient (Wildman–Crippen LogP) is 0.866. The van der Waals surface area contributed by atoms with E-state index < -0.39 is 0 Å². The molecule has 0 spiro atoms. The molecule has 2 heterocycles. The largest absolute Gasteiger partial charge is 0.384 e. The van der Waals surface area contributed by atoms with E-state index >= 15 is 0 Å². The summed E-state index contributed by atoms with van der Waals surface area (Å²) in [5.41, 5.74) is -0.597. The number of nitrogens with zero attached hydrogens (tertiary/aromatic N) is 2. The number of nitrogens with one attached hydrogen (secondary N) is 1. The summed E-state index contributed by atoms with van der Waals surface area (Å²) >= 11 is 0. The molecule has 2 fully saturated rings. The van der Waals surface area contributed by atoms with E-state index in [2.05, 4.69) is 4.98 Å². The number of amides is 2. The highest BCUT2D eigenvalue weighted by molar-refractivity contribution is 5.94. The van der Waals surface area contributed by atoms with E-state index in [1.54, 1.807) is 18.1 Å². The minimum Gasteiger partial charge on any atom is -0.384 e. The minimum absolute atomic E-state index is 0.146. The lowest BCUT2D eigenvalue weighted by Crippen LogP contribution is -2.51. The van der Waals surface area contributed by atoms with E-state index in [0.29, 0.717) is 39.2 Å². The van der Waals surface area contributed by atoms with Crippen molar-refractivity contribution in [3.05, 3.63) is 34.2 Å². The molecule has 1 saturated carbocycles. The maximum atomic E-state index is 12.9. The van der Waals surface area contributed by atoms with Gasteiger partial charge in [0, 0.05) is 39.5 Å². The van der Waals surface area contributed by atoms with E-state index in [1.165, 1.54) is 12.3 Å². The number of carbonyl (C=O) groups excluding carboxylic acids is 2. The van der Waals surface area contributed by atoms with Crippen LogP contribution in [0.1, 0.15) is 36.0 Å². The van der Waals surface area contributed by atoms with Gasteiger partial charge in [0.2, 0.25) is 5.91 Å². The first-order valence-electron chi connectivity index (χ1n) is 8.83. The predicted molar refractivity (Wildman–Crippen MR) is 92.3 cm³/mol. The van der Waals surface area contributed by atoms with Gasteiger partial charge in [-0.1, -0.05) is 6.42 Å². The zero-order chi connectivity index (χ0) is 17.9. The Balaban J connectivity index is 1.66. The average molecular weight is 347 g/mol. The topological polar surface area (TPSA) is 82.7 Å². The van der Waals surface area contributed by atoms with Gasteiger partial charge in [-0.25, -0.2) is 0 Å². The standard InChI is InChI=1S/C18H25N3O4/c1-25-13-18(6-3-7-18)17(24)21-10-4-9-20(11-12-21)16(23)14-5-2-8-19-15(14)22/h2,5,8H,3-4,6-7,9-13H2,1H3,(H,19,22). The number of hydrogen-bond donors (Lipinski definition) is 1. The quantitative estimate of drug-likeness (QED) is 0.876. The summed E-state index contributed by atoms with van der Waals surface area (Å²) in [7, 11) is 1.63. The molecule has 2 amide bonds. The van der Waals surface area contributed by atoms with Crippen molar-refractivity contribution < 1.29 is 14.3 Å². The lowest BCUT2D eigenvalue weighted by molar-refractivity contribution is -0.152. The smallest absolute Gasteiger partial charge is 0.260 e. The van der Waals surface area contributed by atoms with Crippen molar-refractivity contribution in [1.29, 1.82) is 0 Å². The second-order valence-corrected chi connectivity index (χ2v) is 6.92. The third-order valence-electron chi connectivity index (χ3n) is 5.30. The molecule has 1 aliphatic heterocycles. The molecule has 1 aromatic heterocycles. The molecule has 136 valence electrons. The summed E-state index contributed by atoms with van der Waals surface area (Å²) in [5.74, 6) is -0.126. The van der Waals surface area contributed by atoms with Gasteiger partial charge in [0.15, 0.2) is 0 Å².